The number of nitrogens with zero attached hydrogens (tertiary/aromatic N) is 1. The summed E-state index contributed by atoms with van der Waals surface area (Å²) in [5, 5.41) is 19.8. The van der Waals surface area contributed by atoms with E-state index in [1.165, 1.54) is 23.9 Å². The van der Waals surface area contributed by atoms with E-state index in [-0.39, 0.29) is 5.78 Å². The van der Waals surface area contributed by atoms with Crippen LogP contribution in [-0.4, -0.2) is 53.9 Å². The van der Waals surface area contributed by atoms with Crippen molar-refractivity contribution in [3.8, 4) is 0 Å². The summed E-state index contributed by atoms with van der Waals surface area (Å²) < 4.78 is 42.0. The fourth-order valence-corrected chi connectivity index (χ4v) is 2.42. The summed E-state index contributed by atoms with van der Waals surface area (Å²) in [7, 11) is -4.93. The number of hydrogen-bond acceptors (Lipinski definition) is 8. The molecule has 0 saturated carbocycles. The van der Waals surface area contributed by atoms with Crippen molar-refractivity contribution in [3.63, 3.8) is 0 Å². The molecule has 10 heteroatoms. The molecule has 1 fully saturated rings. The van der Waals surface area contributed by atoms with Gasteiger partial charge in [0.2, 0.25) is 10.4 Å². The topological polar surface area (TPSA) is 137 Å². The van der Waals surface area contributed by atoms with Gasteiger partial charge in [-0.15, -0.1) is 0 Å². The van der Waals surface area contributed by atoms with Crippen molar-refractivity contribution in [1.29, 1.82) is 0 Å². The van der Waals surface area contributed by atoms with Crippen LogP contribution < -0.4 is 4.57 Å². The first kappa shape index (κ1) is 16.9. The van der Waals surface area contributed by atoms with Crippen LogP contribution in [0.2, 0.25) is 0 Å². The average molecular weight is 333 g/mol. The number of aromatic nitrogens is 1. The molecule has 1 aliphatic heterocycles. The molecule has 1 aliphatic rings. The van der Waals surface area contributed by atoms with Crippen LogP contribution in [0.4, 0.5) is 0 Å². The fraction of sp³-hybridized carbons (Fsp3) is 0.500. The third-order valence-electron chi connectivity index (χ3n) is 3.24. The summed E-state index contributed by atoms with van der Waals surface area (Å²) in [6.07, 6.45) is -2.12. The summed E-state index contributed by atoms with van der Waals surface area (Å²) in [6, 6.07) is 3.13. The number of rotatable bonds is 5. The molecular formula is C12H15NO8S. The Morgan fingerprint density at radius 3 is 2.73 bits per heavy atom. The maximum Gasteiger partial charge on any atom is 0.292 e. The van der Waals surface area contributed by atoms with Gasteiger partial charge in [0.25, 0.3) is 6.23 Å². The molecule has 4 atom stereocenters. The van der Waals surface area contributed by atoms with Gasteiger partial charge >= 0.3 is 0 Å². The standard InChI is InChI=1S/C12H15NO8S/c1-7(14)8-3-2-4-13(5-8)12-11(16)10(15)9(21-12)6-20-22(17,18)19/h2-5,9-12,15-16H,6H2,1H3/t9-,10-,11-,12-/m1/s1. The third-order valence-corrected chi connectivity index (χ3v) is 3.66. The molecule has 0 amide bonds. The number of aliphatic hydroxyl groups excluding tert-OH is 2. The molecule has 9 nitrogen and oxygen atoms in total. The van der Waals surface area contributed by atoms with Gasteiger partial charge in [0.05, 0.1) is 12.2 Å². The lowest BCUT2D eigenvalue weighted by Gasteiger charge is -2.14. The van der Waals surface area contributed by atoms with E-state index in [1.54, 1.807) is 12.1 Å². The second-order valence-corrected chi connectivity index (χ2v) is 5.89. The summed E-state index contributed by atoms with van der Waals surface area (Å²) in [5.41, 5.74) is 0.370. The van der Waals surface area contributed by atoms with Gasteiger partial charge in [0.1, 0.15) is 12.2 Å². The Balaban J connectivity index is 2.16. The molecule has 0 aliphatic carbocycles. The molecule has 0 unspecified atom stereocenters. The van der Waals surface area contributed by atoms with E-state index in [4.69, 9.17) is 4.74 Å². The Bertz CT molecular complexity index is 661. The summed E-state index contributed by atoms with van der Waals surface area (Å²) in [5.74, 6) is -0.195. The van der Waals surface area contributed by atoms with Crippen LogP contribution in [0.1, 0.15) is 23.5 Å². The molecule has 1 saturated heterocycles. The lowest BCUT2D eigenvalue weighted by molar-refractivity contribution is -0.765. The zero-order chi connectivity index (χ0) is 16.5. The molecule has 1 aromatic heterocycles. The Morgan fingerprint density at radius 2 is 2.14 bits per heavy atom. The highest BCUT2D eigenvalue weighted by Gasteiger charge is 2.48. The summed E-state index contributed by atoms with van der Waals surface area (Å²) in [4.78, 5) is 11.3. The van der Waals surface area contributed by atoms with E-state index >= 15 is 0 Å². The average Bonchev–Trinajstić information content (AvgIpc) is 2.72. The summed E-state index contributed by atoms with van der Waals surface area (Å²) in [6.45, 7) is 0.656. The highest BCUT2D eigenvalue weighted by Crippen LogP contribution is 2.26. The number of carbonyl (C=O) groups excluding carboxylic acids is 1. The number of ketones is 1. The number of ether oxygens (including phenoxy) is 1. The van der Waals surface area contributed by atoms with E-state index in [0.29, 0.717) is 5.56 Å². The Labute approximate surface area is 126 Å². The third kappa shape index (κ3) is 3.85. The first-order valence-electron chi connectivity index (χ1n) is 6.32. The van der Waals surface area contributed by atoms with Gasteiger partial charge < -0.3 is 19.5 Å². The lowest BCUT2D eigenvalue weighted by Crippen LogP contribution is -2.46. The van der Waals surface area contributed by atoms with E-state index in [1.807, 2.05) is 0 Å². The monoisotopic (exact) mass is 333 g/mol. The number of carbonyl (C=O) groups is 1. The molecule has 1 aromatic rings. The molecule has 0 bridgehead atoms. The first-order valence-corrected chi connectivity index (χ1v) is 7.66. The molecule has 0 radical (unpaired) electrons. The number of aliphatic hydroxyl groups is 2. The second-order valence-electron chi connectivity index (χ2n) is 4.84. The van der Waals surface area contributed by atoms with Crippen LogP contribution in [0.3, 0.4) is 0 Å². The number of pyridine rings is 1. The molecule has 0 spiro atoms. The van der Waals surface area contributed by atoms with Gasteiger partial charge in [-0.3, -0.25) is 8.98 Å². The van der Waals surface area contributed by atoms with Gasteiger partial charge in [-0.25, -0.2) is 8.42 Å². The fourth-order valence-electron chi connectivity index (χ4n) is 2.12. The lowest BCUT2D eigenvalue weighted by atomic mass is 10.1. The van der Waals surface area contributed by atoms with E-state index in [9.17, 15) is 28.0 Å². The van der Waals surface area contributed by atoms with Crippen molar-refractivity contribution in [2.45, 2.75) is 31.5 Å². The van der Waals surface area contributed by atoms with Gasteiger partial charge in [-0.1, -0.05) is 0 Å². The maximum atomic E-state index is 11.3. The SMILES string of the molecule is CC(=O)c1ccc[n+]([C@@H]2O[C@H](COS(=O)(=O)[O-])[C@@H](O)[C@H]2O)c1. The van der Waals surface area contributed by atoms with Crippen molar-refractivity contribution in [2.24, 2.45) is 0 Å². The quantitative estimate of drug-likeness (QED) is 0.281. The molecule has 122 valence electrons. The van der Waals surface area contributed by atoms with Crippen LogP contribution in [-0.2, 0) is 19.3 Å². The van der Waals surface area contributed by atoms with Crippen molar-refractivity contribution in [2.75, 3.05) is 6.61 Å². The minimum absolute atomic E-state index is 0.195. The van der Waals surface area contributed by atoms with Gasteiger partial charge in [-0.05, 0) is 13.0 Å². The zero-order valence-corrected chi connectivity index (χ0v) is 12.3. The predicted octanol–water partition coefficient (Wildman–Crippen LogP) is -1.73. The highest BCUT2D eigenvalue weighted by atomic mass is 32.3. The van der Waals surface area contributed by atoms with Crippen LogP contribution in [0.25, 0.3) is 0 Å². The van der Waals surface area contributed by atoms with Crippen molar-refractivity contribution in [1.82, 2.24) is 0 Å². The van der Waals surface area contributed by atoms with Gasteiger partial charge in [0.15, 0.2) is 24.3 Å². The van der Waals surface area contributed by atoms with Crippen LogP contribution in [0.5, 0.6) is 0 Å². The van der Waals surface area contributed by atoms with E-state index in [0.717, 1.165) is 0 Å². The number of hydrogen-bond donors (Lipinski definition) is 2. The van der Waals surface area contributed by atoms with Crippen molar-refractivity contribution < 1.29 is 41.5 Å². The van der Waals surface area contributed by atoms with Gasteiger partial charge in [-0.2, -0.15) is 4.57 Å². The smallest absolute Gasteiger partial charge is 0.292 e. The Morgan fingerprint density at radius 1 is 1.45 bits per heavy atom. The molecule has 0 aromatic carbocycles. The normalized spacial score (nSPS) is 28.7. The Kier molecular flexibility index (Phi) is 4.90. The predicted molar refractivity (Wildman–Crippen MR) is 68.2 cm³/mol. The number of Topliss-reactive ketones (excluding diaryl/α,β-unsaturated/α-hetero) is 1. The van der Waals surface area contributed by atoms with Crippen LogP contribution in [0.15, 0.2) is 24.5 Å². The van der Waals surface area contributed by atoms with E-state index < -0.39 is 41.5 Å². The maximum absolute atomic E-state index is 11.3. The van der Waals surface area contributed by atoms with Crippen molar-refractivity contribution in [3.05, 3.63) is 30.1 Å². The van der Waals surface area contributed by atoms with Crippen LogP contribution in [0, 0.1) is 0 Å². The zero-order valence-electron chi connectivity index (χ0n) is 11.5. The van der Waals surface area contributed by atoms with Crippen LogP contribution >= 0.6 is 0 Å². The Hall–Kier alpha value is -1.43. The first-order chi connectivity index (χ1) is 10.2. The second kappa shape index (κ2) is 6.36. The molecular weight excluding hydrogens is 318 g/mol. The van der Waals surface area contributed by atoms with Gasteiger partial charge in [0, 0.05) is 6.07 Å². The molecule has 2 N–H and O–H groups in total. The minimum atomic E-state index is -4.93. The molecule has 2 heterocycles. The largest absolute Gasteiger partial charge is 0.726 e. The summed E-state index contributed by atoms with van der Waals surface area (Å²) >= 11 is 0. The van der Waals surface area contributed by atoms with Crippen molar-refractivity contribution >= 4 is 16.2 Å². The highest BCUT2D eigenvalue weighted by molar-refractivity contribution is 7.80. The molecule has 22 heavy (non-hydrogen) atoms. The molecule has 2 rings (SSSR count). The van der Waals surface area contributed by atoms with E-state index in [2.05, 4.69) is 4.18 Å². The minimum Gasteiger partial charge on any atom is -0.726 e.